The van der Waals surface area contributed by atoms with Gasteiger partial charge in [-0.1, -0.05) is 13.8 Å². The van der Waals surface area contributed by atoms with Gasteiger partial charge in [0, 0.05) is 6.54 Å². The molecule has 3 fully saturated rings. The third-order valence-electron chi connectivity index (χ3n) is 4.48. The molecule has 98 valence electrons. The van der Waals surface area contributed by atoms with Crippen molar-refractivity contribution in [1.82, 2.24) is 15.1 Å². The number of nitrogens with one attached hydrogen (secondary N) is 1. The van der Waals surface area contributed by atoms with Crippen LogP contribution in [0.1, 0.15) is 20.3 Å². The van der Waals surface area contributed by atoms with E-state index in [9.17, 15) is 19.5 Å². The molecule has 3 aliphatic rings. The van der Waals surface area contributed by atoms with Gasteiger partial charge in [-0.3, -0.25) is 10.1 Å². The Balaban J connectivity index is 2.11. The van der Waals surface area contributed by atoms with Gasteiger partial charge in [0.25, 0.3) is 5.91 Å². The van der Waals surface area contributed by atoms with Gasteiger partial charge < -0.3 is 14.9 Å². The smallest absolute Gasteiger partial charge is 0.407 e. The number of carbonyl (C=O) groups is 3. The van der Waals surface area contributed by atoms with E-state index in [1.54, 1.807) is 4.90 Å². The van der Waals surface area contributed by atoms with Crippen LogP contribution in [0.25, 0.3) is 0 Å². The summed E-state index contributed by atoms with van der Waals surface area (Å²) in [6.45, 7) is 4.01. The van der Waals surface area contributed by atoms with E-state index in [4.69, 9.17) is 0 Å². The summed E-state index contributed by atoms with van der Waals surface area (Å²) in [4.78, 5) is 38.2. The molecular formula is C11H15N3O4. The van der Waals surface area contributed by atoms with Crippen molar-refractivity contribution in [2.75, 3.05) is 6.54 Å². The van der Waals surface area contributed by atoms with Crippen molar-refractivity contribution in [2.45, 2.75) is 37.9 Å². The number of carboxylic acid groups (broad SMARTS) is 1. The molecule has 0 aromatic carbocycles. The molecule has 3 aliphatic heterocycles. The van der Waals surface area contributed by atoms with Crippen LogP contribution in [0, 0.1) is 5.92 Å². The molecule has 3 unspecified atom stereocenters. The Bertz CT molecular complexity index is 463. The first-order valence-electron chi connectivity index (χ1n) is 6.05. The van der Waals surface area contributed by atoms with Gasteiger partial charge in [-0.25, -0.2) is 9.59 Å². The second-order valence-electron chi connectivity index (χ2n) is 5.45. The van der Waals surface area contributed by atoms with Crippen LogP contribution in [0.3, 0.4) is 0 Å². The number of rotatable bonds is 1. The second-order valence-corrected chi connectivity index (χ2v) is 5.45. The highest BCUT2D eigenvalue weighted by Crippen LogP contribution is 2.49. The highest BCUT2D eigenvalue weighted by Gasteiger charge is 2.71. The Morgan fingerprint density at radius 3 is 2.72 bits per heavy atom. The highest BCUT2D eigenvalue weighted by molar-refractivity contribution is 6.09. The fraction of sp³-hybridized carbons (Fsp3) is 0.727. The number of hydrogen-bond donors (Lipinski definition) is 2. The lowest BCUT2D eigenvalue weighted by molar-refractivity contribution is -0.132. The molecule has 4 amide bonds. The van der Waals surface area contributed by atoms with Crippen molar-refractivity contribution < 1.29 is 19.5 Å². The minimum Gasteiger partial charge on any atom is -0.465 e. The van der Waals surface area contributed by atoms with E-state index in [0.717, 1.165) is 0 Å². The number of hydrogen-bond acceptors (Lipinski definition) is 3. The molecule has 0 aromatic heterocycles. The first kappa shape index (κ1) is 11.3. The zero-order valence-electron chi connectivity index (χ0n) is 10.2. The van der Waals surface area contributed by atoms with Gasteiger partial charge in [-0.05, 0) is 12.3 Å². The molecule has 2 N–H and O–H groups in total. The lowest BCUT2D eigenvalue weighted by Gasteiger charge is -2.45. The largest absolute Gasteiger partial charge is 0.465 e. The maximum Gasteiger partial charge on any atom is 0.407 e. The van der Waals surface area contributed by atoms with E-state index in [2.05, 4.69) is 5.32 Å². The Kier molecular flexibility index (Phi) is 1.98. The molecule has 0 aromatic rings. The average molecular weight is 253 g/mol. The van der Waals surface area contributed by atoms with E-state index >= 15 is 0 Å². The zero-order valence-corrected chi connectivity index (χ0v) is 10.2. The maximum atomic E-state index is 12.2. The van der Waals surface area contributed by atoms with Crippen molar-refractivity contribution in [1.29, 1.82) is 0 Å². The first-order chi connectivity index (χ1) is 8.40. The average Bonchev–Trinajstić information content (AvgIpc) is 2.88. The lowest BCUT2D eigenvalue weighted by atomic mass is 9.79. The highest BCUT2D eigenvalue weighted by atomic mass is 16.4. The maximum absolute atomic E-state index is 12.2. The fourth-order valence-electron chi connectivity index (χ4n) is 3.87. The molecule has 2 bridgehead atoms. The third-order valence-corrected chi connectivity index (χ3v) is 4.48. The monoisotopic (exact) mass is 253 g/mol. The van der Waals surface area contributed by atoms with E-state index in [0.29, 0.717) is 13.0 Å². The summed E-state index contributed by atoms with van der Waals surface area (Å²) in [6.07, 6.45) is -0.460. The minimum absolute atomic E-state index is 0.124. The number of nitrogens with zero attached hydrogens (tertiary/aromatic N) is 2. The Morgan fingerprint density at radius 1 is 1.50 bits per heavy atom. The Morgan fingerprint density at radius 2 is 2.17 bits per heavy atom. The van der Waals surface area contributed by atoms with Crippen molar-refractivity contribution >= 4 is 18.0 Å². The van der Waals surface area contributed by atoms with Crippen molar-refractivity contribution in [3.05, 3.63) is 0 Å². The molecule has 3 saturated heterocycles. The summed E-state index contributed by atoms with van der Waals surface area (Å²) in [5.74, 6) is -0.484. The van der Waals surface area contributed by atoms with Crippen LogP contribution in [0.15, 0.2) is 0 Å². The van der Waals surface area contributed by atoms with E-state index in [1.165, 1.54) is 4.90 Å². The molecule has 18 heavy (non-hydrogen) atoms. The van der Waals surface area contributed by atoms with Crippen LogP contribution in [-0.4, -0.2) is 57.1 Å². The molecule has 3 rings (SSSR count). The van der Waals surface area contributed by atoms with Gasteiger partial charge in [0.2, 0.25) is 0 Å². The Hall–Kier alpha value is -1.79. The van der Waals surface area contributed by atoms with Crippen LogP contribution in [0.5, 0.6) is 0 Å². The molecule has 7 heteroatoms. The van der Waals surface area contributed by atoms with Crippen LogP contribution < -0.4 is 5.32 Å². The van der Waals surface area contributed by atoms with Crippen molar-refractivity contribution in [2.24, 2.45) is 5.92 Å². The normalized spacial score (nSPS) is 37.5. The number of fused-ring (bicyclic) bond motifs is 5. The van der Waals surface area contributed by atoms with Crippen LogP contribution in [-0.2, 0) is 4.79 Å². The molecule has 0 saturated carbocycles. The number of imide groups is 1. The Labute approximate surface area is 104 Å². The van der Waals surface area contributed by atoms with Gasteiger partial charge >= 0.3 is 12.1 Å². The van der Waals surface area contributed by atoms with E-state index in [1.807, 2.05) is 13.8 Å². The molecule has 0 spiro atoms. The molecular weight excluding hydrogens is 238 g/mol. The molecule has 0 aliphatic carbocycles. The van der Waals surface area contributed by atoms with Crippen LogP contribution >= 0.6 is 0 Å². The van der Waals surface area contributed by atoms with Crippen LogP contribution in [0.2, 0.25) is 0 Å². The van der Waals surface area contributed by atoms with E-state index < -0.39 is 17.7 Å². The first-order valence-corrected chi connectivity index (χ1v) is 6.05. The fourth-order valence-corrected chi connectivity index (χ4v) is 3.87. The van der Waals surface area contributed by atoms with Gasteiger partial charge in [0.1, 0.15) is 5.54 Å². The predicted molar refractivity (Wildman–Crippen MR) is 59.9 cm³/mol. The summed E-state index contributed by atoms with van der Waals surface area (Å²) >= 11 is 0. The third kappa shape index (κ3) is 0.984. The van der Waals surface area contributed by atoms with E-state index in [-0.39, 0.29) is 23.9 Å². The quantitative estimate of drug-likeness (QED) is 0.647. The molecule has 3 atom stereocenters. The number of amides is 4. The number of likely N-dealkylation sites (tertiary alicyclic amines) is 1. The molecule has 7 nitrogen and oxygen atoms in total. The summed E-state index contributed by atoms with van der Waals surface area (Å²) in [5.41, 5.74) is -1.02. The summed E-state index contributed by atoms with van der Waals surface area (Å²) in [7, 11) is 0. The SMILES string of the molecule is CC(C)C12C(=O)NC(=O)N1C1CC2N(C(=O)O)C1. The topological polar surface area (TPSA) is 90.0 Å². The van der Waals surface area contributed by atoms with Gasteiger partial charge in [0.15, 0.2) is 0 Å². The van der Waals surface area contributed by atoms with Crippen molar-refractivity contribution in [3.8, 4) is 0 Å². The summed E-state index contributed by atoms with van der Waals surface area (Å²) in [5, 5.41) is 11.5. The summed E-state index contributed by atoms with van der Waals surface area (Å²) in [6, 6.07) is -0.988. The predicted octanol–water partition coefficient (Wildman–Crippen LogP) is 0.0675. The number of urea groups is 1. The zero-order chi connectivity index (χ0) is 13.2. The second kappa shape index (κ2) is 3.15. The number of carbonyl (C=O) groups excluding carboxylic acids is 2. The molecule has 0 radical (unpaired) electrons. The standard InChI is InChI=1S/C11H15N3O4/c1-5(2)11-7-3-6(4-13(7)10(17)18)14(11)9(16)12-8(11)15/h5-7H,3-4H2,1-2H3,(H,17,18)(H,12,15,16). The minimum atomic E-state index is -1.02. The van der Waals surface area contributed by atoms with Gasteiger partial charge in [-0.15, -0.1) is 0 Å². The van der Waals surface area contributed by atoms with Crippen LogP contribution in [0.4, 0.5) is 9.59 Å². The number of piperazine rings is 1. The van der Waals surface area contributed by atoms with Crippen molar-refractivity contribution in [3.63, 3.8) is 0 Å². The summed E-state index contributed by atoms with van der Waals surface area (Å²) < 4.78 is 0. The lowest BCUT2D eigenvalue weighted by Crippen LogP contribution is -2.66. The molecule has 3 heterocycles. The van der Waals surface area contributed by atoms with Gasteiger partial charge in [0.05, 0.1) is 12.1 Å². The van der Waals surface area contributed by atoms with Gasteiger partial charge in [-0.2, -0.15) is 0 Å².